The van der Waals surface area contributed by atoms with Crippen LogP contribution in [0.5, 0.6) is 11.5 Å². The van der Waals surface area contributed by atoms with Gasteiger partial charge in [0.1, 0.15) is 17.9 Å². The molecule has 4 rings (SSSR count). The minimum atomic E-state index is -0.190. The summed E-state index contributed by atoms with van der Waals surface area (Å²) in [6.45, 7) is 0.263. The number of benzene rings is 3. The van der Waals surface area contributed by atoms with Crippen molar-refractivity contribution in [3.8, 4) is 22.8 Å². The minimum absolute atomic E-state index is 0.190. The van der Waals surface area contributed by atoms with E-state index in [0.717, 1.165) is 21.3 Å². The third kappa shape index (κ3) is 3.66. The smallest absolute Gasteiger partial charge is 0.235 e. The monoisotopic (exact) mass is 436 g/mol. The normalized spacial score (nSPS) is 10.8. The van der Waals surface area contributed by atoms with Crippen LogP contribution in [0.2, 0.25) is 0 Å². The van der Waals surface area contributed by atoms with Gasteiger partial charge < -0.3 is 13.9 Å². The van der Waals surface area contributed by atoms with Gasteiger partial charge in [-0.1, -0.05) is 40.2 Å². The highest BCUT2D eigenvalue weighted by molar-refractivity contribution is 9.10. The van der Waals surface area contributed by atoms with Crippen molar-refractivity contribution in [3.05, 3.63) is 93.1 Å². The van der Waals surface area contributed by atoms with E-state index in [0.29, 0.717) is 16.7 Å². The quantitative estimate of drug-likeness (QED) is 0.396. The molecule has 0 aliphatic carbocycles. The van der Waals surface area contributed by atoms with Crippen LogP contribution < -0.4 is 14.9 Å². The van der Waals surface area contributed by atoms with E-state index in [9.17, 15) is 4.79 Å². The molecule has 0 unspecified atom stereocenters. The molecule has 0 aliphatic heterocycles. The molecule has 0 radical (unpaired) electrons. The Bertz CT molecular complexity index is 1160. The molecule has 1 aromatic heterocycles. The topological polar surface area (TPSA) is 48.7 Å². The van der Waals surface area contributed by atoms with Gasteiger partial charge in [0, 0.05) is 10.0 Å². The fraction of sp³-hybridized carbons (Fsp3) is 0.0870. The van der Waals surface area contributed by atoms with Crippen molar-refractivity contribution in [2.24, 2.45) is 0 Å². The maximum absolute atomic E-state index is 13.1. The minimum Gasteiger partial charge on any atom is -0.497 e. The Morgan fingerprint density at radius 1 is 0.929 bits per heavy atom. The largest absolute Gasteiger partial charge is 0.497 e. The van der Waals surface area contributed by atoms with Crippen molar-refractivity contribution in [3.63, 3.8) is 0 Å². The van der Waals surface area contributed by atoms with Gasteiger partial charge in [-0.25, -0.2) is 0 Å². The first-order chi connectivity index (χ1) is 13.7. The van der Waals surface area contributed by atoms with Gasteiger partial charge in [0.25, 0.3) is 0 Å². The van der Waals surface area contributed by atoms with Gasteiger partial charge in [0.05, 0.1) is 12.5 Å². The molecule has 0 N–H and O–H groups in total. The van der Waals surface area contributed by atoms with Crippen molar-refractivity contribution in [1.82, 2.24) is 0 Å². The van der Waals surface area contributed by atoms with Crippen LogP contribution in [0.3, 0.4) is 0 Å². The summed E-state index contributed by atoms with van der Waals surface area (Å²) in [5.74, 6) is 1.33. The third-order valence-electron chi connectivity index (χ3n) is 4.40. The van der Waals surface area contributed by atoms with Crippen LogP contribution in [0.4, 0.5) is 0 Å². The maximum Gasteiger partial charge on any atom is 0.235 e. The summed E-state index contributed by atoms with van der Waals surface area (Å²) in [7, 11) is 1.61. The zero-order valence-electron chi connectivity index (χ0n) is 15.1. The first-order valence-electron chi connectivity index (χ1n) is 8.73. The summed E-state index contributed by atoms with van der Waals surface area (Å²) in [5, 5.41) is 0.491. The highest BCUT2D eigenvalue weighted by Crippen LogP contribution is 2.32. The molecule has 1 heterocycles. The highest BCUT2D eigenvalue weighted by atomic mass is 79.9. The predicted octanol–water partition coefficient (Wildman–Crippen LogP) is 5.81. The predicted molar refractivity (Wildman–Crippen MR) is 113 cm³/mol. The standard InChI is InChI=1S/C23H17BrO4/c1-26-18-12-8-16(9-13-18)22-23(27-14-15-6-10-17(24)11-7-15)21(25)19-4-2-3-5-20(19)28-22/h2-13H,14H2,1H3. The second-order valence-electron chi connectivity index (χ2n) is 6.23. The molecular formula is C23H17BrO4. The lowest BCUT2D eigenvalue weighted by Crippen LogP contribution is -2.10. The highest BCUT2D eigenvalue weighted by Gasteiger charge is 2.18. The number of hydrogen-bond acceptors (Lipinski definition) is 4. The molecule has 5 heteroatoms. The average molecular weight is 437 g/mol. The van der Waals surface area contributed by atoms with E-state index in [4.69, 9.17) is 13.9 Å². The fourth-order valence-corrected chi connectivity index (χ4v) is 3.19. The molecule has 0 aliphatic rings. The molecule has 4 aromatic rings. The van der Waals surface area contributed by atoms with E-state index >= 15 is 0 Å². The molecule has 4 nitrogen and oxygen atoms in total. The number of rotatable bonds is 5. The molecular weight excluding hydrogens is 420 g/mol. The Kier molecular flexibility index (Phi) is 5.17. The van der Waals surface area contributed by atoms with Gasteiger partial charge in [0.2, 0.25) is 11.2 Å². The maximum atomic E-state index is 13.1. The van der Waals surface area contributed by atoms with Gasteiger partial charge in [-0.3, -0.25) is 4.79 Å². The van der Waals surface area contributed by atoms with Crippen LogP contribution in [0, 0.1) is 0 Å². The van der Waals surface area contributed by atoms with Crippen LogP contribution >= 0.6 is 15.9 Å². The summed E-state index contributed by atoms with van der Waals surface area (Å²) in [4.78, 5) is 13.1. The van der Waals surface area contributed by atoms with E-state index in [1.807, 2.05) is 60.7 Å². The molecule has 0 saturated carbocycles. The molecule has 28 heavy (non-hydrogen) atoms. The molecule has 0 amide bonds. The number of halogens is 1. The molecule has 0 saturated heterocycles. The van der Waals surface area contributed by atoms with E-state index in [2.05, 4.69) is 15.9 Å². The lowest BCUT2D eigenvalue weighted by molar-refractivity contribution is 0.298. The summed E-state index contributed by atoms with van der Waals surface area (Å²) in [6.07, 6.45) is 0. The van der Waals surface area contributed by atoms with Gasteiger partial charge in [-0.05, 0) is 54.1 Å². The summed E-state index contributed by atoms with van der Waals surface area (Å²) in [5.41, 5.74) is 2.03. The number of fused-ring (bicyclic) bond motifs is 1. The number of para-hydroxylation sites is 1. The average Bonchev–Trinajstić information content (AvgIpc) is 2.74. The molecule has 3 aromatic carbocycles. The SMILES string of the molecule is COc1ccc(-c2oc3ccccc3c(=O)c2OCc2ccc(Br)cc2)cc1. The Balaban J connectivity index is 1.80. The lowest BCUT2D eigenvalue weighted by Gasteiger charge is -2.12. The second kappa shape index (κ2) is 7.90. The van der Waals surface area contributed by atoms with Gasteiger partial charge in [-0.2, -0.15) is 0 Å². The molecule has 0 spiro atoms. The van der Waals surface area contributed by atoms with Gasteiger partial charge in [0.15, 0.2) is 5.76 Å². The first-order valence-corrected chi connectivity index (χ1v) is 9.52. The third-order valence-corrected chi connectivity index (χ3v) is 4.93. The Labute approximate surface area is 170 Å². The van der Waals surface area contributed by atoms with E-state index < -0.39 is 0 Å². The fourth-order valence-electron chi connectivity index (χ4n) is 2.92. The van der Waals surface area contributed by atoms with Crippen LogP contribution in [-0.4, -0.2) is 7.11 Å². The summed E-state index contributed by atoms with van der Waals surface area (Å²) >= 11 is 3.42. The van der Waals surface area contributed by atoms with Gasteiger partial charge >= 0.3 is 0 Å². The second-order valence-corrected chi connectivity index (χ2v) is 7.14. The molecule has 0 fully saturated rings. The number of ether oxygens (including phenoxy) is 2. The van der Waals surface area contributed by atoms with Crippen LogP contribution in [0.1, 0.15) is 5.56 Å². The molecule has 0 atom stereocenters. The van der Waals surface area contributed by atoms with Gasteiger partial charge in [-0.15, -0.1) is 0 Å². The van der Waals surface area contributed by atoms with Crippen molar-refractivity contribution in [1.29, 1.82) is 0 Å². The summed E-state index contributed by atoms with van der Waals surface area (Å²) < 4.78 is 18.2. The van der Waals surface area contributed by atoms with Crippen molar-refractivity contribution in [2.45, 2.75) is 6.61 Å². The lowest BCUT2D eigenvalue weighted by atomic mass is 10.1. The van der Waals surface area contributed by atoms with E-state index in [1.165, 1.54) is 0 Å². The first kappa shape index (κ1) is 18.3. The van der Waals surface area contributed by atoms with Crippen LogP contribution in [0.15, 0.2) is 86.5 Å². The zero-order chi connectivity index (χ0) is 19.5. The van der Waals surface area contributed by atoms with E-state index in [-0.39, 0.29) is 17.8 Å². The zero-order valence-corrected chi connectivity index (χ0v) is 16.7. The van der Waals surface area contributed by atoms with Crippen molar-refractivity contribution in [2.75, 3.05) is 7.11 Å². The number of methoxy groups -OCH3 is 1. The number of hydrogen-bond donors (Lipinski definition) is 0. The molecule has 0 bridgehead atoms. The Hall–Kier alpha value is -3.05. The Morgan fingerprint density at radius 3 is 2.36 bits per heavy atom. The Morgan fingerprint density at radius 2 is 1.64 bits per heavy atom. The molecule has 140 valence electrons. The van der Waals surface area contributed by atoms with Crippen molar-refractivity contribution >= 4 is 26.9 Å². The van der Waals surface area contributed by atoms with Crippen LogP contribution in [0.25, 0.3) is 22.3 Å². The summed E-state index contributed by atoms with van der Waals surface area (Å²) in [6, 6.07) is 22.3. The van der Waals surface area contributed by atoms with Crippen molar-refractivity contribution < 1.29 is 13.9 Å². The van der Waals surface area contributed by atoms with E-state index in [1.54, 1.807) is 19.2 Å². The van der Waals surface area contributed by atoms with Crippen LogP contribution in [-0.2, 0) is 6.61 Å².